The number of carbonyl (C=O) groups excluding carboxylic acids is 3. The lowest BCUT2D eigenvalue weighted by Crippen LogP contribution is -2.47. The Balaban J connectivity index is 1.64. The molecule has 138 valence electrons. The highest BCUT2D eigenvalue weighted by atomic mass is 16.2. The van der Waals surface area contributed by atoms with Crippen molar-refractivity contribution < 1.29 is 14.4 Å². The number of amides is 3. The van der Waals surface area contributed by atoms with Crippen molar-refractivity contribution >= 4 is 29.2 Å². The number of benzene rings is 1. The Morgan fingerprint density at radius 3 is 2.81 bits per heavy atom. The van der Waals surface area contributed by atoms with Gasteiger partial charge in [0, 0.05) is 12.2 Å². The summed E-state index contributed by atoms with van der Waals surface area (Å²) in [5, 5.41) is 2.73. The van der Waals surface area contributed by atoms with E-state index < -0.39 is 6.04 Å². The predicted octanol–water partition coefficient (Wildman–Crippen LogP) is 1.98. The second-order valence-corrected chi connectivity index (χ2v) is 6.81. The van der Waals surface area contributed by atoms with Crippen LogP contribution in [0.4, 0.5) is 11.5 Å². The lowest BCUT2D eigenvalue weighted by atomic mass is 10.1. The maximum absolute atomic E-state index is 13.1. The number of hydrogen-bond acceptors (Lipinski definition) is 4. The van der Waals surface area contributed by atoms with Crippen molar-refractivity contribution in [3.8, 4) is 0 Å². The van der Waals surface area contributed by atoms with Gasteiger partial charge in [-0.2, -0.15) is 0 Å². The molecule has 27 heavy (non-hydrogen) atoms. The number of hydrogen-bond donors (Lipinski definition) is 1. The Hall–Kier alpha value is -3.22. The molecule has 2 aromatic rings. The van der Waals surface area contributed by atoms with E-state index >= 15 is 0 Å². The first-order valence-electron chi connectivity index (χ1n) is 8.99. The third-order valence-electron chi connectivity index (χ3n) is 4.95. The molecular weight excluding hydrogens is 344 g/mol. The fourth-order valence-corrected chi connectivity index (χ4v) is 3.71. The molecule has 2 aliphatic heterocycles. The minimum absolute atomic E-state index is 0.148. The molecule has 3 amide bonds. The smallest absolute Gasteiger partial charge is 0.256 e. The molecule has 1 saturated heterocycles. The molecule has 1 fully saturated rings. The summed E-state index contributed by atoms with van der Waals surface area (Å²) in [7, 11) is 0. The van der Waals surface area contributed by atoms with Gasteiger partial charge >= 0.3 is 0 Å². The van der Waals surface area contributed by atoms with E-state index in [2.05, 4.69) is 10.3 Å². The first kappa shape index (κ1) is 17.2. The summed E-state index contributed by atoms with van der Waals surface area (Å²) >= 11 is 0. The van der Waals surface area contributed by atoms with Crippen LogP contribution in [-0.2, 0) is 9.59 Å². The molecule has 7 nitrogen and oxygen atoms in total. The number of carbonyl (C=O) groups is 3. The monoisotopic (exact) mass is 364 g/mol. The van der Waals surface area contributed by atoms with Gasteiger partial charge in [0.1, 0.15) is 18.4 Å². The molecular formula is C20H20N4O3. The SMILES string of the molecule is Cc1cccc(NC(=O)CN2C(=O)[C@H]3CCCN3C(=O)c3ccccc32)n1. The van der Waals surface area contributed by atoms with Gasteiger partial charge in [0.25, 0.3) is 5.91 Å². The normalized spacial score (nSPS) is 18.8. The molecule has 7 heteroatoms. The molecule has 0 unspecified atom stereocenters. The number of fused-ring (bicyclic) bond motifs is 2. The first-order valence-corrected chi connectivity index (χ1v) is 8.99. The molecule has 1 N–H and O–H groups in total. The zero-order chi connectivity index (χ0) is 19.0. The maximum Gasteiger partial charge on any atom is 0.256 e. The average Bonchev–Trinajstić information content (AvgIpc) is 3.12. The lowest BCUT2D eigenvalue weighted by Gasteiger charge is -2.25. The van der Waals surface area contributed by atoms with Crippen LogP contribution in [-0.4, -0.2) is 46.7 Å². The van der Waals surface area contributed by atoms with Crippen molar-refractivity contribution in [2.24, 2.45) is 0 Å². The van der Waals surface area contributed by atoms with E-state index in [1.165, 1.54) is 4.90 Å². The van der Waals surface area contributed by atoms with E-state index in [9.17, 15) is 14.4 Å². The highest BCUT2D eigenvalue weighted by Gasteiger charge is 2.42. The van der Waals surface area contributed by atoms with Crippen LogP contribution in [0.15, 0.2) is 42.5 Å². The van der Waals surface area contributed by atoms with Crippen LogP contribution < -0.4 is 10.2 Å². The number of nitrogens with zero attached hydrogens (tertiary/aromatic N) is 3. The number of pyridine rings is 1. The Kier molecular flexibility index (Phi) is 4.35. The van der Waals surface area contributed by atoms with Gasteiger partial charge in [-0.1, -0.05) is 18.2 Å². The fraction of sp³-hybridized carbons (Fsp3) is 0.300. The van der Waals surface area contributed by atoms with E-state index in [-0.39, 0.29) is 24.3 Å². The fourth-order valence-electron chi connectivity index (χ4n) is 3.71. The minimum Gasteiger partial charge on any atom is -0.327 e. The van der Waals surface area contributed by atoms with Crippen molar-refractivity contribution in [1.29, 1.82) is 0 Å². The van der Waals surface area contributed by atoms with Crippen LogP contribution in [0.25, 0.3) is 0 Å². The highest BCUT2D eigenvalue weighted by molar-refractivity contribution is 6.13. The van der Waals surface area contributed by atoms with Crippen LogP contribution in [0.5, 0.6) is 0 Å². The molecule has 4 rings (SSSR count). The zero-order valence-electron chi connectivity index (χ0n) is 15.0. The standard InChI is InChI=1S/C20H20N4O3/c1-13-6-4-10-17(21-13)22-18(25)12-24-15-8-3-2-7-14(15)19(26)23-11-5-9-16(23)20(24)27/h2-4,6-8,10,16H,5,9,11-12H2,1H3,(H,21,22,25)/t16-/m1/s1. The Bertz CT molecular complexity index is 927. The van der Waals surface area contributed by atoms with Gasteiger partial charge in [-0.05, 0) is 44.0 Å². The molecule has 0 radical (unpaired) electrons. The van der Waals surface area contributed by atoms with E-state index in [0.717, 1.165) is 12.1 Å². The molecule has 0 aliphatic carbocycles. The van der Waals surface area contributed by atoms with Crippen molar-refractivity contribution in [1.82, 2.24) is 9.88 Å². The number of aromatic nitrogens is 1. The summed E-state index contributed by atoms with van der Waals surface area (Å²) in [6.45, 7) is 2.24. The van der Waals surface area contributed by atoms with Crippen LogP contribution in [0.1, 0.15) is 28.9 Å². The molecule has 2 aliphatic rings. The Labute approximate surface area is 157 Å². The largest absolute Gasteiger partial charge is 0.327 e. The quantitative estimate of drug-likeness (QED) is 0.903. The topological polar surface area (TPSA) is 82.6 Å². The second kappa shape index (κ2) is 6.83. The zero-order valence-corrected chi connectivity index (χ0v) is 15.0. The van der Waals surface area contributed by atoms with E-state index in [1.807, 2.05) is 13.0 Å². The summed E-state index contributed by atoms with van der Waals surface area (Å²) in [6, 6.07) is 11.8. The van der Waals surface area contributed by atoms with Gasteiger partial charge < -0.3 is 15.1 Å². The predicted molar refractivity (Wildman–Crippen MR) is 100 cm³/mol. The van der Waals surface area contributed by atoms with Crippen molar-refractivity contribution in [2.45, 2.75) is 25.8 Å². The minimum atomic E-state index is -0.505. The number of nitrogens with one attached hydrogen (secondary N) is 1. The summed E-state index contributed by atoms with van der Waals surface area (Å²) < 4.78 is 0. The Morgan fingerprint density at radius 1 is 1.19 bits per heavy atom. The van der Waals surface area contributed by atoms with Gasteiger partial charge in [-0.15, -0.1) is 0 Å². The van der Waals surface area contributed by atoms with Gasteiger partial charge in [0.2, 0.25) is 11.8 Å². The van der Waals surface area contributed by atoms with E-state index in [1.54, 1.807) is 41.3 Å². The number of aryl methyl sites for hydroxylation is 1. The van der Waals surface area contributed by atoms with Crippen LogP contribution >= 0.6 is 0 Å². The number of rotatable bonds is 3. The van der Waals surface area contributed by atoms with Crippen LogP contribution in [0.3, 0.4) is 0 Å². The summed E-state index contributed by atoms with van der Waals surface area (Å²) in [5.41, 5.74) is 1.72. The molecule has 1 aromatic carbocycles. The van der Waals surface area contributed by atoms with E-state index in [0.29, 0.717) is 30.0 Å². The molecule has 1 atom stereocenters. The van der Waals surface area contributed by atoms with Crippen molar-refractivity contribution in [2.75, 3.05) is 23.3 Å². The summed E-state index contributed by atoms with van der Waals surface area (Å²) in [6.07, 6.45) is 1.41. The highest BCUT2D eigenvalue weighted by Crippen LogP contribution is 2.32. The summed E-state index contributed by atoms with van der Waals surface area (Å²) in [5.74, 6) is -0.271. The second-order valence-electron chi connectivity index (χ2n) is 6.81. The molecule has 0 bridgehead atoms. The Morgan fingerprint density at radius 2 is 2.00 bits per heavy atom. The van der Waals surface area contributed by atoms with Crippen molar-refractivity contribution in [3.05, 3.63) is 53.7 Å². The molecule has 1 aromatic heterocycles. The van der Waals surface area contributed by atoms with E-state index in [4.69, 9.17) is 0 Å². The average molecular weight is 364 g/mol. The molecule has 0 saturated carbocycles. The third-order valence-corrected chi connectivity index (χ3v) is 4.95. The maximum atomic E-state index is 13.1. The number of para-hydroxylation sites is 1. The van der Waals surface area contributed by atoms with Gasteiger partial charge in [-0.25, -0.2) is 4.98 Å². The lowest BCUT2D eigenvalue weighted by molar-refractivity contribution is -0.124. The van der Waals surface area contributed by atoms with Gasteiger partial charge in [-0.3, -0.25) is 14.4 Å². The molecule has 3 heterocycles. The molecule has 0 spiro atoms. The first-order chi connectivity index (χ1) is 13.0. The number of anilines is 2. The van der Waals surface area contributed by atoms with Crippen molar-refractivity contribution in [3.63, 3.8) is 0 Å². The van der Waals surface area contributed by atoms with Crippen LogP contribution in [0, 0.1) is 6.92 Å². The van der Waals surface area contributed by atoms with Crippen LogP contribution in [0.2, 0.25) is 0 Å². The van der Waals surface area contributed by atoms with Gasteiger partial charge in [0.05, 0.1) is 11.3 Å². The van der Waals surface area contributed by atoms with Gasteiger partial charge in [0.15, 0.2) is 0 Å². The third kappa shape index (κ3) is 3.16. The summed E-state index contributed by atoms with van der Waals surface area (Å²) in [4.78, 5) is 45.9.